The van der Waals surface area contributed by atoms with Crippen molar-refractivity contribution in [3.8, 4) is 5.75 Å². The van der Waals surface area contributed by atoms with Crippen LogP contribution < -0.4 is 16.0 Å². The highest BCUT2D eigenvalue weighted by Crippen LogP contribution is 2.07. The van der Waals surface area contributed by atoms with Crippen LogP contribution in [0, 0.1) is 0 Å². The molecule has 0 saturated carbocycles. The number of rotatable bonds is 11. The maximum Gasteiger partial charge on any atom is 0.292 e. The molecule has 0 aliphatic rings. The van der Waals surface area contributed by atoms with Gasteiger partial charge in [0.15, 0.2) is 5.75 Å². The standard InChI is InChI=1S/C18H24N2O4/c19-8-11-22-13-14-23-12-10-20-9-4-7-17(18(20)21)24-15-16-5-2-1-3-6-16/h1-7,9H,8,10-15,19H2. The van der Waals surface area contributed by atoms with Crippen LogP contribution in [0.25, 0.3) is 0 Å². The molecule has 130 valence electrons. The van der Waals surface area contributed by atoms with Gasteiger partial charge in [0.25, 0.3) is 5.56 Å². The minimum absolute atomic E-state index is 0.156. The Labute approximate surface area is 141 Å². The molecular formula is C18H24N2O4. The van der Waals surface area contributed by atoms with Crippen molar-refractivity contribution in [1.29, 1.82) is 0 Å². The van der Waals surface area contributed by atoms with Crippen LogP contribution >= 0.6 is 0 Å². The van der Waals surface area contributed by atoms with E-state index in [-0.39, 0.29) is 5.56 Å². The summed E-state index contributed by atoms with van der Waals surface area (Å²) in [6.45, 7) is 3.31. The van der Waals surface area contributed by atoms with Crippen LogP contribution in [0.2, 0.25) is 0 Å². The first-order valence-electron chi connectivity index (χ1n) is 8.03. The smallest absolute Gasteiger partial charge is 0.292 e. The highest BCUT2D eigenvalue weighted by Gasteiger charge is 2.04. The van der Waals surface area contributed by atoms with Crippen LogP contribution in [0.15, 0.2) is 53.5 Å². The third-order valence-corrected chi connectivity index (χ3v) is 3.33. The minimum atomic E-state index is -0.156. The summed E-state index contributed by atoms with van der Waals surface area (Å²) in [7, 11) is 0. The topological polar surface area (TPSA) is 75.7 Å². The largest absolute Gasteiger partial charge is 0.483 e. The molecule has 0 fully saturated rings. The summed E-state index contributed by atoms with van der Waals surface area (Å²) in [6.07, 6.45) is 1.73. The summed E-state index contributed by atoms with van der Waals surface area (Å²) in [4.78, 5) is 12.3. The fourth-order valence-electron chi connectivity index (χ4n) is 2.10. The molecule has 2 aromatic rings. The third-order valence-electron chi connectivity index (χ3n) is 3.33. The van der Waals surface area contributed by atoms with E-state index in [1.165, 1.54) is 0 Å². The zero-order chi connectivity index (χ0) is 17.0. The molecule has 0 spiro atoms. The molecule has 6 nitrogen and oxygen atoms in total. The van der Waals surface area contributed by atoms with E-state index in [0.29, 0.717) is 51.9 Å². The molecule has 0 aliphatic heterocycles. The Morgan fingerprint density at radius 2 is 1.67 bits per heavy atom. The summed E-state index contributed by atoms with van der Waals surface area (Å²) < 4.78 is 17.9. The summed E-state index contributed by atoms with van der Waals surface area (Å²) in [6, 6.07) is 13.2. The fraction of sp³-hybridized carbons (Fsp3) is 0.389. The highest BCUT2D eigenvalue weighted by molar-refractivity contribution is 5.19. The molecule has 2 N–H and O–H groups in total. The molecule has 0 bridgehead atoms. The highest BCUT2D eigenvalue weighted by atomic mass is 16.5. The lowest BCUT2D eigenvalue weighted by Gasteiger charge is -2.10. The lowest BCUT2D eigenvalue weighted by Crippen LogP contribution is -2.23. The SMILES string of the molecule is NCCOCCOCCn1cccc(OCc2ccccc2)c1=O. The summed E-state index contributed by atoms with van der Waals surface area (Å²) in [5, 5.41) is 0. The minimum Gasteiger partial charge on any atom is -0.483 e. The first kappa shape index (κ1) is 18.2. The fourth-order valence-corrected chi connectivity index (χ4v) is 2.10. The number of aromatic nitrogens is 1. The second kappa shape index (κ2) is 10.6. The maximum absolute atomic E-state index is 12.3. The van der Waals surface area contributed by atoms with Gasteiger partial charge in [-0.05, 0) is 17.7 Å². The van der Waals surface area contributed by atoms with Gasteiger partial charge in [0.1, 0.15) is 6.61 Å². The van der Waals surface area contributed by atoms with Crippen LogP contribution in [0.3, 0.4) is 0 Å². The normalized spacial score (nSPS) is 10.7. The molecule has 1 aromatic heterocycles. The average Bonchev–Trinajstić information content (AvgIpc) is 2.62. The first-order valence-corrected chi connectivity index (χ1v) is 8.03. The van der Waals surface area contributed by atoms with Crippen molar-refractivity contribution in [2.45, 2.75) is 13.2 Å². The Hall–Kier alpha value is -2.15. The molecule has 0 amide bonds. The number of pyridine rings is 1. The molecule has 0 radical (unpaired) electrons. The summed E-state index contributed by atoms with van der Waals surface area (Å²) in [5.74, 6) is 0.340. The van der Waals surface area contributed by atoms with E-state index in [9.17, 15) is 4.79 Å². The van der Waals surface area contributed by atoms with Crippen molar-refractivity contribution in [3.63, 3.8) is 0 Å². The average molecular weight is 332 g/mol. The Bertz CT molecular complexity index is 643. The quantitative estimate of drug-likeness (QED) is 0.630. The van der Waals surface area contributed by atoms with Gasteiger partial charge in [0.05, 0.1) is 26.4 Å². The van der Waals surface area contributed by atoms with Crippen LogP contribution in [0.1, 0.15) is 5.56 Å². The Morgan fingerprint density at radius 1 is 0.917 bits per heavy atom. The van der Waals surface area contributed by atoms with Crippen LogP contribution in [0.4, 0.5) is 0 Å². The molecule has 1 aromatic carbocycles. The first-order chi connectivity index (χ1) is 11.8. The predicted octanol–water partition coefficient (Wildman–Crippen LogP) is 1.42. The second-order valence-electron chi connectivity index (χ2n) is 5.16. The summed E-state index contributed by atoms with van der Waals surface area (Å²) in [5.41, 5.74) is 6.19. The van der Waals surface area contributed by atoms with Crippen LogP contribution in [-0.4, -0.2) is 37.5 Å². The van der Waals surface area contributed by atoms with E-state index in [2.05, 4.69) is 0 Å². The van der Waals surface area contributed by atoms with Gasteiger partial charge in [-0.2, -0.15) is 0 Å². The number of nitrogens with two attached hydrogens (primary N) is 1. The van der Waals surface area contributed by atoms with E-state index in [0.717, 1.165) is 5.56 Å². The van der Waals surface area contributed by atoms with E-state index in [1.807, 2.05) is 30.3 Å². The molecule has 0 saturated heterocycles. The Balaban J connectivity index is 1.78. The van der Waals surface area contributed by atoms with Gasteiger partial charge in [0, 0.05) is 19.3 Å². The van der Waals surface area contributed by atoms with Crippen molar-refractivity contribution >= 4 is 0 Å². The van der Waals surface area contributed by atoms with Gasteiger partial charge < -0.3 is 24.5 Å². The molecule has 0 atom stereocenters. The van der Waals surface area contributed by atoms with Crippen LogP contribution in [-0.2, 0) is 22.6 Å². The van der Waals surface area contributed by atoms with Crippen molar-refractivity contribution < 1.29 is 14.2 Å². The lowest BCUT2D eigenvalue weighted by molar-refractivity contribution is 0.0473. The predicted molar refractivity (Wildman–Crippen MR) is 92.2 cm³/mol. The second-order valence-corrected chi connectivity index (χ2v) is 5.16. The molecule has 2 rings (SSSR count). The van der Waals surface area contributed by atoms with Crippen molar-refractivity contribution in [2.75, 3.05) is 33.0 Å². The Morgan fingerprint density at radius 3 is 2.42 bits per heavy atom. The van der Waals surface area contributed by atoms with Crippen molar-refractivity contribution in [3.05, 3.63) is 64.6 Å². The monoisotopic (exact) mass is 332 g/mol. The number of benzene rings is 1. The van der Waals surface area contributed by atoms with Crippen molar-refractivity contribution in [2.24, 2.45) is 5.73 Å². The van der Waals surface area contributed by atoms with Gasteiger partial charge in [0.2, 0.25) is 0 Å². The zero-order valence-electron chi connectivity index (χ0n) is 13.7. The third kappa shape index (κ3) is 6.16. The molecule has 6 heteroatoms. The molecule has 0 unspecified atom stereocenters. The van der Waals surface area contributed by atoms with E-state index in [4.69, 9.17) is 19.9 Å². The number of nitrogens with zero attached hydrogens (tertiary/aromatic N) is 1. The summed E-state index contributed by atoms with van der Waals surface area (Å²) >= 11 is 0. The number of ether oxygens (including phenoxy) is 3. The maximum atomic E-state index is 12.3. The van der Waals surface area contributed by atoms with Gasteiger partial charge in [-0.3, -0.25) is 4.79 Å². The van der Waals surface area contributed by atoms with E-state index >= 15 is 0 Å². The number of hydrogen-bond acceptors (Lipinski definition) is 5. The molecular weight excluding hydrogens is 308 g/mol. The Kier molecular flexibility index (Phi) is 8.03. The van der Waals surface area contributed by atoms with Crippen molar-refractivity contribution in [1.82, 2.24) is 4.57 Å². The zero-order valence-corrected chi connectivity index (χ0v) is 13.7. The molecule has 24 heavy (non-hydrogen) atoms. The van der Waals surface area contributed by atoms with Gasteiger partial charge in [-0.25, -0.2) is 0 Å². The lowest BCUT2D eigenvalue weighted by atomic mass is 10.2. The molecule has 1 heterocycles. The molecule has 0 aliphatic carbocycles. The van der Waals surface area contributed by atoms with Gasteiger partial charge in [-0.1, -0.05) is 30.3 Å². The van der Waals surface area contributed by atoms with E-state index in [1.54, 1.807) is 22.9 Å². The van der Waals surface area contributed by atoms with Crippen LogP contribution in [0.5, 0.6) is 5.75 Å². The van der Waals surface area contributed by atoms with Gasteiger partial charge in [-0.15, -0.1) is 0 Å². The van der Waals surface area contributed by atoms with E-state index < -0.39 is 0 Å². The van der Waals surface area contributed by atoms with Gasteiger partial charge >= 0.3 is 0 Å². The number of hydrogen-bond donors (Lipinski definition) is 1.